The summed E-state index contributed by atoms with van der Waals surface area (Å²) in [6.07, 6.45) is -3.10. The molecule has 0 aromatic carbocycles. The summed E-state index contributed by atoms with van der Waals surface area (Å²) in [5.41, 5.74) is 3.38. The molecule has 1 heterocycles. The van der Waals surface area contributed by atoms with E-state index in [-0.39, 0.29) is 0 Å². The molecule has 0 spiro atoms. The molecule has 0 saturated carbocycles. The largest absolute Gasteiger partial charge is 0.465 e. The summed E-state index contributed by atoms with van der Waals surface area (Å²) in [6.45, 7) is 0. The first kappa shape index (κ1) is 12.7. The number of anilines is 1. The minimum absolute atomic E-state index is 0.473. The monoisotopic (exact) mass is 247 g/mol. The Hall–Kier alpha value is -2.32. The molecular weight excluding hydrogens is 240 g/mol. The van der Waals surface area contributed by atoms with Crippen LogP contribution in [-0.4, -0.2) is 23.0 Å². The van der Waals surface area contributed by atoms with Crippen molar-refractivity contribution in [3.8, 4) is 0 Å². The molecule has 0 aliphatic rings. The molecule has 92 valence electrons. The molecule has 0 unspecified atom stereocenters. The van der Waals surface area contributed by atoms with Gasteiger partial charge in [-0.3, -0.25) is 0 Å². The summed E-state index contributed by atoms with van der Waals surface area (Å²) in [6, 6.07) is 0.698. The smallest absolute Gasteiger partial charge is 0.380 e. The zero-order valence-electron chi connectivity index (χ0n) is 8.52. The van der Waals surface area contributed by atoms with E-state index in [4.69, 9.17) is 5.73 Å². The van der Waals surface area contributed by atoms with Crippen molar-refractivity contribution < 1.29 is 23.2 Å². The van der Waals surface area contributed by atoms with Crippen molar-refractivity contribution in [3.63, 3.8) is 0 Å². The second-order valence-corrected chi connectivity index (χ2v) is 2.88. The minimum atomic E-state index is -3.10. The number of carbonyl (C=O) groups excluding carboxylic acids is 1. The molecule has 1 aromatic heterocycles. The molecule has 0 radical (unpaired) electrons. The maximum Gasteiger partial charge on any atom is 0.380 e. The quantitative estimate of drug-likeness (QED) is 0.489. The Morgan fingerprint density at radius 1 is 1.65 bits per heavy atom. The number of nitrogens with two attached hydrogens (primary N) is 1. The number of nitro groups is 1. The van der Waals surface area contributed by atoms with Crippen LogP contribution in [0.3, 0.4) is 0 Å². The van der Waals surface area contributed by atoms with Gasteiger partial charge in [0.25, 0.3) is 6.43 Å². The van der Waals surface area contributed by atoms with E-state index in [0.717, 1.165) is 7.11 Å². The third kappa shape index (κ3) is 2.44. The van der Waals surface area contributed by atoms with Gasteiger partial charge in [0.2, 0.25) is 5.82 Å². The summed E-state index contributed by atoms with van der Waals surface area (Å²) in [5, 5.41) is 10.6. The lowest BCUT2D eigenvalue weighted by molar-refractivity contribution is -0.389. The second kappa shape index (κ2) is 4.68. The lowest BCUT2D eigenvalue weighted by atomic mass is 10.1. The maximum atomic E-state index is 12.6. The molecule has 2 N–H and O–H groups in total. The average molecular weight is 247 g/mol. The van der Waals surface area contributed by atoms with Crippen LogP contribution in [0.5, 0.6) is 0 Å². The molecule has 9 heteroatoms. The minimum Gasteiger partial charge on any atom is -0.465 e. The predicted octanol–water partition coefficient (Wildman–Crippen LogP) is 1.30. The molecule has 0 aliphatic heterocycles. The van der Waals surface area contributed by atoms with Gasteiger partial charge in [-0.1, -0.05) is 0 Å². The normalized spacial score (nSPS) is 10.4. The van der Waals surface area contributed by atoms with Crippen LogP contribution in [0.15, 0.2) is 6.07 Å². The highest BCUT2D eigenvalue weighted by Crippen LogP contribution is 2.30. The Labute approximate surface area is 93.3 Å². The van der Waals surface area contributed by atoms with Crippen LogP contribution < -0.4 is 5.73 Å². The topological polar surface area (TPSA) is 108 Å². The standard InChI is InChI=1S/C8H7F2N3O4/c1-17-8(14)5-3(6(9)10)2-4(11)12-7(5)13(15)16/h2,6H,1H3,(H2,11,12). The van der Waals surface area contributed by atoms with Gasteiger partial charge in [-0.05, 0) is 9.91 Å². The number of aromatic nitrogens is 1. The molecule has 0 aliphatic carbocycles. The Morgan fingerprint density at radius 2 is 2.24 bits per heavy atom. The summed E-state index contributed by atoms with van der Waals surface area (Å²) in [5.74, 6) is -2.79. The van der Waals surface area contributed by atoms with Crippen molar-refractivity contribution in [1.82, 2.24) is 4.98 Å². The Morgan fingerprint density at radius 3 is 2.65 bits per heavy atom. The van der Waals surface area contributed by atoms with E-state index >= 15 is 0 Å². The van der Waals surface area contributed by atoms with Crippen molar-refractivity contribution >= 4 is 17.6 Å². The number of pyridine rings is 1. The first-order chi connectivity index (χ1) is 7.88. The third-order valence-electron chi connectivity index (χ3n) is 1.85. The molecule has 0 atom stereocenters. The van der Waals surface area contributed by atoms with E-state index in [1.807, 2.05) is 0 Å². The molecule has 0 fully saturated rings. The van der Waals surface area contributed by atoms with Gasteiger partial charge in [0, 0.05) is 11.6 Å². The molecule has 1 rings (SSSR count). The van der Waals surface area contributed by atoms with Gasteiger partial charge in [0.15, 0.2) is 5.56 Å². The van der Waals surface area contributed by atoms with Crippen LogP contribution >= 0.6 is 0 Å². The van der Waals surface area contributed by atoms with Gasteiger partial charge >= 0.3 is 11.8 Å². The van der Waals surface area contributed by atoms with Crippen LogP contribution in [-0.2, 0) is 4.74 Å². The van der Waals surface area contributed by atoms with Crippen molar-refractivity contribution in [2.75, 3.05) is 12.8 Å². The Kier molecular flexibility index (Phi) is 3.51. The number of rotatable bonds is 3. The number of alkyl halides is 2. The summed E-state index contributed by atoms with van der Waals surface area (Å²) in [4.78, 5) is 24.0. The van der Waals surface area contributed by atoms with Gasteiger partial charge in [-0.15, -0.1) is 0 Å². The average Bonchev–Trinajstić information content (AvgIpc) is 2.26. The lowest BCUT2D eigenvalue weighted by Gasteiger charge is -2.07. The lowest BCUT2D eigenvalue weighted by Crippen LogP contribution is -2.12. The summed E-state index contributed by atoms with van der Waals surface area (Å²) < 4.78 is 29.5. The van der Waals surface area contributed by atoms with Gasteiger partial charge in [-0.2, -0.15) is 0 Å². The number of halogens is 2. The number of nitrogens with zero attached hydrogens (tertiary/aromatic N) is 2. The Balaban J connectivity index is 3.59. The molecule has 17 heavy (non-hydrogen) atoms. The van der Waals surface area contributed by atoms with Gasteiger partial charge in [-0.25, -0.2) is 13.6 Å². The van der Waals surface area contributed by atoms with Crippen LogP contribution in [0.2, 0.25) is 0 Å². The first-order valence-corrected chi connectivity index (χ1v) is 4.19. The number of esters is 1. The van der Waals surface area contributed by atoms with E-state index in [0.29, 0.717) is 6.07 Å². The predicted molar refractivity (Wildman–Crippen MR) is 51.6 cm³/mol. The van der Waals surface area contributed by atoms with Crippen LogP contribution in [0, 0.1) is 10.1 Å². The van der Waals surface area contributed by atoms with Crippen molar-refractivity contribution in [1.29, 1.82) is 0 Å². The zero-order valence-corrected chi connectivity index (χ0v) is 8.52. The number of carbonyl (C=O) groups is 1. The molecule has 7 nitrogen and oxygen atoms in total. The Bertz CT molecular complexity index is 478. The number of ether oxygens (including phenoxy) is 1. The summed E-state index contributed by atoms with van der Waals surface area (Å²) in [7, 11) is 0.914. The van der Waals surface area contributed by atoms with Crippen LogP contribution in [0.4, 0.5) is 20.4 Å². The molecular formula is C8H7F2N3O4. The molecule has 0 saturated heterocycles. The second-order valence-electron chi connectivity index (χ2n) is 2.88. The van der Waals surface area contributed by atoms with Crippen LogP contribution in [0.25, 0.3) is 0 Å². The fourth-order valence-corrected chi connectivity index (χ4v) is 1.19. The third-order valence-corrected chi connectivity index (χ3v) is 1.85. The number of hydrogen-bond acceptors (Lipinski definition) is 6. The van der Waals surface area contributed by atoms with E-state index in [2.05, 4.69) is 9.72 Å². The van der Waals surface area contributed by atoms with Crippen molar-refractivity contribution in [2.24, 2.45) is 0 Å². The molecule has 1 aromatic rings. The number of nitrogen functional groups attached to an aromatic ring is 1. The molecule has 0 amide bonds. The van der Waals surface area contributed by atoms with Gasteiger partial charge in [0.05, 0.1) is 7.11 Å². The van der Waals surface area contributed by atoms with E-state index in [9.17, 15) is 23.7 Å². The van der Waals surface area contributed by atoms with Gasteiger partial charge < -0.3 is 20.6 Å². The molecule has 0 bridgehead atoms. The fraction of sp³-hybridized carbons (Fsp3) is 0.250. The number of hydrogen-bond donors (Lipinski definition) is 1. The van der Waals surface area contributed by atoms with E-state index in [1.54, 1.807) is 0 Å². The highest BCUT2D eigenvalue weighted by atomic mass is 19.3. The van der Waals surface area contributed by atoms with Crippen molar-refractivity contribution in [2.45, 2.75) is 6.43 Å². The highest BCUT2D eigenvalue weighted by molar-refractivity contribution is 5.95. The maximum absolute atomic E-state index is 12.6. The number of methoxy groups -OCH3 is 1. The zero-order chi connectivity index (χ0) is 13.2. The van der Waals surface area contributed by atoms with E-state index in [1.165, 1.54) is 0 Å². The van der Waals surface area contributed by atoms with Gasteiger partial charge in [0.1, 0.15) is 0 Å². The highest BCUT2D eigenvalue weighted by Gasteiger charge is 2.31. The summed E-state index contributed by atoms with van der Waals surface area (Å²) >= 11 is 0. The first-order valence-electron chi connectivity index (χ1n) is 4.19. The fourth-order valence-electron chi connectivity index (χ4n) is 1.19. The van der Waals surface area contributed by atoms with Crippen LogP contribution in [0.1, 0.15) is 22.3 Å². The SMILES string of the molecule is COC(=O)c1c(C(F)F)cc(N)nc1[N+](=O)[O-]. The van der Waals surface area contributed by atoms with E-state index < -0.39 is 40.1 Å². The van der Waals surface area contributed by atoms with Crippen molar-refractivity contribution in [3.05, 3.63) is 27.3 Å².